The molecule has 0 radical (unpaired) electrons. The Kier molecular flexibility index (Phi) is 5.08. The zero-order valence-electron chi connectivity index (χ0n) is 4.09. The first-order valence-corrected chi connectivity index (χ1v) is 3.45. The molecular weight excluding hydrogens is 225 g/mol. The molecule has 0 aromatic rings. The van der Waals surface area contributed by atoms with Crippen LogP contribution in [0.5, 0.6) is 0 Å². The minimum Gasteiger partial charge on any atom is -0.333 e. The van der Waals surface area contributed by atoms with Gasteiger partial charge in [0.1, 0.15) is 6.61 Å². The van der Waals surface area contributed by atoms with Crippen LogP contribution in [0.15, 0.2) is 0 Å². The van der Waals surface area contributed by atoms with Gasteiger partial charge in [0.25, 0.3) is 0 Å². The number of alkyl halides is 1. The lowest BCUT2D eigenvalue weighted by molar-refractivity contribution is -0.230. The molecule has 0 aromatic heterocycles. The van der Waals surface area contributed by atoms with Crippen molar-refractivity contribution in [1.82, 2.24) is 0 Å². The van der Waals surface area contributed by atoms with Gasteiger partial charge in [-0.25, -0.2) is 4.79 Å². The van der Waals surface area contributed by atoms with Crippen molar-refractivity contribution in [3.63, 3.8) is 0 Å². The van der Waals surface area contributed by atoms with E-state index in [9.17, 15) is 4.79 Å². The lowest BCUT2D eigenvalue weighted by Gasteiger charge is -1.94. The highest BCUT2D eigenvalue weighted by atomic mass is 127. The molecule has 5 heteroatoms. The SMILES string of the molecule is NC(=O)OOCCI. The molecule has 0 heterocycles. The average molecular weight is 231 g/mol. The molecule has 0 unspecified atom stereocenters. The van der Waals surface area contributed by atoms with E-state index in [1.165, 1.54) is 0 Å². The molecule has 4 nitrogen and oxygen atoms in total. The number of primary amides is 1. The second-order valence-corrected chi connectivity index (χ2v) is 1.99. The van der Waals surface area contributed by atoms with Gasteiger partial charge in [-0.05, 0) is 0 Å². The van der Waals surface area contributed by atoms with Crippen molar-refractivity contribution < 1.29 is 14.6 Å². The van der Waals surface area contributed by atoms with Gasteiger partial charge in [0.05, 0.1) is 0 Å². The van der Waals surface area contributed by atoms with E-state index in [0.29, 0.717) is 6.61 Å². The molecule has 0 rings (SSSR count). The molecule has 0 fully saturated rings. The fourth-order valence-electron chi connectivity index (χ4n) is 0.131. The summed E-state index contributed by atoms with van der Waals surface area (Å²) in [6, 6.07) is 0. The van der Waals surface area contributed by atoms with Crippen LogP contribution >= 0.6 is 22.6 Å². The minimum absolute atomic E-state index is 0.378. The molecule has 2 N–H and O–H groups in total. The first-order chi connectivity index (χ1) is 3.77. The van der Waals surface area contributed by atoms with Gasteiger partial charge in [-0.2, -0.15) is 4.89 Å². The Labute approximate surface area is 60.4 Å². The Hall–Kier alpha value is -0.0400. The van der Waals surface area contributed by atoms with Crippen LogP contribution in [0.25, 0.3) is 0 Å². The number of halogens is 1. The van der Waals surface area contributed by atoms with Gasteiger partial charge in [0.2, 0.25) is 0 Å². The predicted molar refractivity (Wildman–Crippen MR) is 35.5 cm³/mol. The van der Waals surface area contributed by atoms with Crippen LogP contribution in [0.2, 0.25) is 0 Å². The first-order valence-electron chi connectivity index (χ1n) is 1.92. The number of carbonyl (C=O) groups is 1. The standard InChI is InChI=1S/C3H6INO3/c4-1-2-7-8-3(5)6/h1-2H2,(H2,5,6). The van der Waals surface area contributed by atoms with Crippen molar-refractivity contribution in [1.29, 1.82) is 0 Å². The van der Waals surface area contributed by atoms with Crippen molar-refractivity contribution in [2.24, 2.45) is 5.73 Å². The normalized spacial score (nSPS) is 8.62. The van der Waals surface area contributed by atoms with Gasteiger partial charge in [0.15, 0.2) is 0 Å². The van der Waals surface area contributed by atoms with Crippen LogP contribution in [0.4, 0.5) is 4.79 Å². The van der Waals surface area contributed by atoms with Crippen molar-refractivity contribution in [2.45, 2.75) is 0 Å². The summed E-state index contributed by atoms with van der Waals surface area (Å²) in [5, 5.41) is 0. The van der Waals surface area contributed by atoms with Gasteiger partial charge >= 0.3 is 6.09 Å². The van der Waals surface area contributed by atoms with E-state index in [2.05, 4.69) is 38.1 Å². The molecule has 0 aliphatic heterocycles. The maximum absolute atomic E-state index is 9.75. The smallest absolute Gasteiger partial charge is 0.333 e. The third kappa shape index (κ3) is 5.96. The van der Waals surface area contributed by atoms with Crippen LogP contribution in [0.1, 0.15) is 0 Å². The molecule has 0 aliphatic carbocycles. The van der Waals surface area contributed by atoms with Crippen molar-refractivity contribution in [3.05, 3.63) is 0 Å². The molecular formula is C3H6INO3. The van der Waals surface area contributed by atoms with Crippen LogP contribution in [0.3, 0.4) is 0 Å². The second kappa shape index (κ2) is 5.10. The summed E-state index contributed by atoms with van der Waals surface area (Å²) in [6.07, 6.45) is -0.908. The Bertz CT molecular complexity index is 76.9. The topological polar surface area (TPSA) is 61.6 Å². The highest BCUT2D eigenvalue weighted by Gasteiger charge is 1.90. The first kappa shape index (κ1) is 7.96. The molecule has 0 saturated carbocycles. The number of hydrogen-bond acceptors (Lipinski definition) is 3. The van der Waals surface area contributed by atoms with Gasteiger partial charge in [-0.15, -0.1) is 0 Å². The van der Waals surface area contributed by atoms with Gasteiger partial charge in [0, 0.05) is 4.43 Å². The summed E-state index contributed by atoms with van der Waals surface area (Å²) in [5.41, 5.74) is 4.54. The molecule has 0 spiro atoms. The van der Waals surface area contributed by atoms with Crippen LogP contribution in [-0.4, -0.2) is 17.1 Å². The number of rotatable bonds is 3. The summed E-state index contributed by atoms with van der Waals surface area (Å²) < 4.78 is 0.769. The van der Waals surface area contributed by atoms with E-state index in [-0.39, 0.29) is 0 Å². The summed E-state index contributed by atoms with van der Waals surface area (Å²) in [4.78, 5) is 17.9. The Morgan fingerprint density at radius 1 is 1.75 bits per heavy atom. The van der Waals surface area contributed by atoms with Crippen molar-refractivity contribution in [2.75, 3.05) is 11.0 Å². The summed E-state index contributed by atoms with van der Waals surface area (Å²) >= 11 is 2.08. The van der Waals surface area contributed by atoms with Gasteiger partial charge in [-0.3, -0.25) is 4.89 Å². The molecule has 0 bridgehead atoms. The fraction of sp³-hybridized carbons (Fsp3) is 0.667. The van der Waals surface area contributed by atoms with E-state index in [1.54, 1.807) is 0 Å². The number of hydrogen-bond donors (Lipinski definition) is 1. The Morgan fingerprint density at radius 2 is 2.38 bits per heavy atom. The lowest BCUT2D eigenvalue weighted by Crippen LogP contribution is -2.13. The third-order valence-electron chi connectivity index (χ3n) is 0.302. The number of nitrogens with two attached hydrogens (primary N) is 1. The maximum Gasteiger partial charge on any atom is 0.436 e. The van der Waals surface area contributed by atoms with Gasteiger partial charge in [-0.1, -0.05) is 22.6 Å². The van der Waals surface area contributed by atoms with Crippen molar-refractivity contribution >= 4 is 28.7 Å². The molecule has 8 heavy (non-hydrogen) atoms. The number of carbonyl (C=O) groups excluding carboxylic acids is 1. The maximum atomic E-state index is 9.75. The van der Waals surface area contributed by atoms with Gasteiger partial charge < -0.3 is 5.73 Å². The average Bonchev–Trinajstić information content (AvgIpc) is 1.66. The third-order valence-corrected chi connectivity index (χ3v) is 0.742. The summed E-state index contributed by atoms with van der Waals surface area (Å²) in [7, 11) is 0. The molecule has 0 atom stereocenters. The van der Waals surface area contributed by atoms with Crippen LogP contribution < -0.4 is 5.73 Å². The van der Waals surface area contributed by atoms with Crippen LogP contribution in [0, 0.1) is 0 Å². The largest absolute Gasteiger partial charge is 0.436 e. The fourth-order valence-corrected chi connectivity index (χ4v) is 0.311. The Morgan fingerprint density at radius 3 is 2.75 bits per heavy atom. The van der Waals surface area contributed by atoms with E-state index >= 15 is 0 Å². The molecule has 0 saturated heterocycles. The monoisotopic (exact) mass is 231 g/mol. The molecule has 1 amide bonds. The van der Waals surface area contributed by atoms with Crippen LogP contribution in [-0.2, 0) is 9.78 Å². The zero-order valence-corrected chi connectivity index (χ0v) is 6.25. The molecule has 0 aromatic carbocycles. The number of amides is 1. The van der Waals surface area contributed by atoms with E-state index in [0.717, 1.165) is 4.43 Å². The zero-order chi connectivity index (χ0) is 6.41. The highest BCUT2D eigenvalue weighted by Crippen LogP contribution is 1.82. The van der Waals surface area contributed by atoms with E-state index in [1.807, 2.05) is 0 Å². The van der Waals surface area contributed by atoms with E-state index < -0.39 is 6.09 Å². The van der Waals surface area contributed by atoms with Crippen molar-refractivity contribution in [3.8, 4) is 0 Å². The van der Waals surface area contributed by atoms with E-state index in [4.69, 9.17) is 0 Å². The lowest BCUT2D eigenvalue weighted by atomic mass is 10.9. The minimum atomic E-state index is -0.908. The Balaban J connectivity index is 2.82. The second-order valence-electron chi connectivity index (χ2n) is 0.913. The highest BCUT2D eigenvalue weighted by molar-refractivity contribution is 14.1. The summed E-state index contributed by atoms with van der Waals surface area (Å²) in [6.45, 7) is 0.378. The summed E-state index contributed by atoms with van der Waals surface area (Å²) in [5.74, 6) is 0. The predicted octanol–water partition coefficient (Wildman–Crippen LogP) is 0.448. The molecule has 48 valence electrons. The quantitative estimate of drug-likeness (QED) is 0.252. The molecule has 0 aliphatic rings.